The largest absolute Gasteiger partial charge is 0.444 e. The molecule has 27 heavy (non-hydrogen) atoms. The Morgan fingerprint density at radius 3 is 2.56 bits per heavy atom. The summed E-state index contributed by atoms with van der Waals surface area (Å²) >= 11 is 0. The highest BCUT2D eigenvalue weighted by atomic mass is 127. The van der Waals surface area contributed by atoms with E-state index in [9.17, 15) is 0 Å². The van der Waals surface area contributed by atoms with Gasteiger partial charge in [0, 0.05) is 25.2 Å². The van der Waals surface area contributed by atoms with Crippen molar-refractivity contribution in [2.24, 2.45) is 10.9 Å². The van der Waals surface area contributed by atoms with Gasteiger partial charge in [-0.25, -0.2) is 4.98 Å². The number of aryl methyl sites for hydroxylation is 1. The SMILES string of the molecule is CN=C(NCc1coc(-c2ccc(C)cc2)n1)NCC(C1CC1)N(C)C.I. The van der Waals surface area contributed by atoms with Crippen molar-refractivity contribution < 1.29 is 4.42 Å². The molecular formula is C20H30IN5O. The van der Waals surface area contributed by atoms with Crippen LogP contribution < -0.4 is 10.6 Å². The Balaban J connectivity index is 0.00000261. The van der Waals surface area contributed by atoms with Crippen molar-refractivity contribution in [3.63, 3.8) is 0 Å². The number of rotatable bonds is 7. The second kappa shape index (κ2) is 10.1. The predicted octanol–water partition coefficient (Wildman–Crippen LogP) is 3.27. The molecule has 1 saturated carbocycles. The van der Waals surface area contributed by atoms with E-state index >= 15 is 0 Å². The fourth-order valence-corrected chi connectivity index (χ4v) is 3.06. The molecule has 6 nitrogen and oxygen atoms in total. The van der Waals surface area contributed by atoms with Crippen LogP contribution in [0.15, 0.2) is 39.9 Å². The summed E-state index contributed by atoms with van der Waals surface area (Å²) in [4.78, 5) is 11.2. The highest BCUT2D eigenvalue weighted by Crippen LogP contribution is 2.34. The molecule has 1 aliphatic carbocycles. The standard InChI is InChI=1S/C20H29N5O.HI/c1-14-5-7-16(8-6-14)19-24-17(13-26-19)11-22-20(21-2)23-12-18(25(3)4)15-9-10-15;/h5-8,13,15,18H,9-12H2,1-4H3,(H2,21,22,23);1H. The van der Waals surface area contributed by atoms with Gasteiger partial charge >= 0.3 is 0 Å². The first kappa shape index (κ1) is 21.7. The molecule has 0 radical (unpaired) electrons. The van der Waals surface area contributed by atoms with Crippen molar-refractivity contribution in [2.75, 3.05) is 27.7 Å². The number of benzene rings is 1. The Kier molecular flexibility index (Phi) is 8.09. The van der Waals surface area contributed by atoms with Crippen LogP contribution in [0.2, 0.25) is 0 Å². The smallest absolute Gasteiger partial charge is 0.226 e. The van der Waals surface area contributed by atoms with E-state index in [1.165, 1.54) is 18.4 Å². The van der Waals surface area contributed by atoms with Gasteiger partial charge in [-0.2, -0.15) is 0 Å². The molecule has 0 aliphatic heterocycles. The Bertz CT molecular complexity index is 735. The topological polar surface area (TPSA) is 65.7 Å². The third-order valence-electron chi connectivity index (χ3n) is 4.82. The summed E-state index contributed by atoms with van der Waals surface area (Å²) < 4.78 is 5.61. The van der Waals surface area contributed by atoms with Gasteiger partial charge in [0.2, 0.25) is 5.89 Å². The predicted molar refractivity (Wildman–Crippen MR) is 120 cm³/mol. The van der Waals surface area contributed by atoms with Crippen molar-refractivity contribution in [3.8, 4) is 11.5 Å². The van der Waals surface area contributed by atoms with E-state index in [1.807, 2.05) is 12.1 Å². The van der Waals surface area contributed by atoms with Crippen LogP contribution in [0.5, 0.6) is 0 Å². The minimum Gasteiger partial charge on any atom is -0.444 e. The molecule has 7 heteroatoms. The summed E-state index contributed by atoms with van der Waals surface area (Å²) in [5.41, 5.74) is 3.07. The lowest BCUT2D eigenvalue weighted by Gasteiger charge is -2.25. The quantitative estimate of drug-likeness (QED) is 0.360. The maximum Gasteiger partial charge on any atom is 0.226 e. The fraction of sp³-hybridized carbons (Fsp3) is 0.500. The molecule has 1 atom stereocenters. The monoisotopic (exact) mass is 483 g/mol. The lowest BCUT2D eigenvalue weighted by molar-refractivity contribution is 0.264. The Morgan fingerprint density at radius 1 is 1.26 bits per heavy atom. The van der Waals surface area contributed by atoms with E-state index in [1.54, 1.807) is 13.3 Å². The van der Waals surface area contributed by atoms with Crippen molar-refractivity contribution in [3.05, 3.63) is 41.8 Å². The zero-order valence-electron chi connectivity index (χ0n) is 16.5. The number of likely N-dealkylation sites (N-methyl/N-ethyl adjacent to an activating group) is 1. The lowest BCUT2D eigenvalue weighted by Crippen LogP contribution is -2.45. The number of oxazole rings is 1. The van der Waals surface area contributed by atoms with E-state index in [2.05, 4.69) is 58.7 Å². The summed E-state index contributed by atoms with van der Waals surface area (Å²) in [6, 6.07) is 8.72. The van der Waals surface area contributed by atoms with Gasteiger partial charge in [-0.15, -0.1) is 24.0 Å². The second-order valence-electron chi connectivity index (χ2n) is 7.19. The average molecular weight is 483 g/mol. The summed E-state index contributed by atoms with van der Waals surface area (Å²) in [5.74, 6) is 2.24. The van der Waals surface area contributed by atoms with E-state index < -0.39 is 0 Å². The fourth-order valence-electron chi connectivity index (χ4n) is 3.06. The minimum absolute atomic E-state index is 0. The number of hydrogen-bond donors (Lipinski definition) is 2. The Labute approximate surface area is 178 Å². The molecule has 3 rings (SSSR count). The maximum atomic E-state index is 5.61. The number of aliphatic imine (C=N–C) groups is 1. The van der Waals surface area contributed by atoms with Crippen molar-refractivity contribution in [2.45, 2.75) is 32.4 Å². The van der Waals surface area contributed by atoms with Gasteiger partial charge in [-0.3, -0.25) is 4.99 Å². The summed E-state index contributed by atoms with van der Waals surface area (Å²) in [5, 5.41) is 6.74. The molecule has 1 unspecified atom stereocenters. The third kappa shape index (κ3) is 6.21. The van der Waals surface area contributed by atoms with Crippen molar-refractivity contribution in [1.29, 1.82) is 0 Å². The normalized spacial score (nSPS) is 15.4. The zero-order valence-corrected chi connectivity index (χ0v) is 18.9. The van der Waals surface area contributed by atoms with Gasteiger partial charge in [-0.1, -0.05) is 17.7 Å². The first-order valence-corrected chi connectivity index (χ1v) is 9.19. The molecule has 1 heterocycles. The molecule has 0 bridgehead atoms. The number of guanidine groups is 1. The van der Waals surface area contributed by atoms with E-state index in [4.69, 9.17) is 4.42 Å². The van der Waals surface area contributed by atoms with Gasteiger partial charge < -0.3 is 20.0 Å². The number of halogens is 1. The Hall–Kier alpha value is -1.61. The molecule has 1 aromatic carbocycles. The lowest BCUT2D eigenvalue weighted by atomic mass is 10.1. The minimum atomic E-state index is 0. The summed E-state index contributed by atoms with van der Waals surface area (Å²) in [6.07, 6.45) is 4.36. The van der Waals surface area contributed by atoms with E-state index in [0.717, 1.165) is 29.7 Å². The molecule has 1 fully saturated rings. The van der Waals surface area contributed by atoms with E-state index in [-0.39, 0.29) is 24.0 Å². The molecule has 0 amide bonds. The van der Waals surface area contributed by atoms with Gasteiger partial charge in [0.15, 0.2) is 5.96 Å². The highest BCUT2D eigenvalue weighted by Gasteiger charge is 2.32. The zero-order chi connectivity index (χ0) is 18.5. The number of aromatic nitrogens is 1. The maximum absolute atomic E-state index is 5.61. The third-order valence-corrected chi connectivity index (χ3v) is 4.82. The summed E-state index contributed by atoms with van der Waals surface area (Å²) in [7, 11) is 6.07. The first-order chi connectivity index (χ1) is 12.6. The molecule has 2 aromatic rings. The van der Waals surface area contributed by atoms with Crippen LogP contribution in [-0.2, 0) is 6.54 Å². The first-order valence-electron chi connectivity index (χ1n) is 9.19. The molecular weight excluding hydrogens is 453 g/mol. The second-order valence-corrected chi connectivity index (χ2v) is 7.19. The molecule has 1 aromatic heterocycles. The van der Waals surface area contributed by atoms with Crippen LogP contribution in [0.1, 0.15) is 24.1 Å². The highest BCUT2D eigenvalue weighted by molar-refractivity contribution is 14.0. The van der Waals surface area contributed by atoms with Gasteiger partial charge in [-0.05, 0) is 51.9 Å². The molecule has 148 valence electrons. The van der Waals surface area contributed by atoms with Gasteiger partial charge in [0.25, 0.3) is 0 Å². The van der Waals surface area contributed by atoms with Crippen LogP contribution >= 0.6 is 24.0 Å². The van der Waals surface area contributed by atoms with Crippen molar-refractivity contribution >= 4 is 29.9 Å². The van der Waals surface area contributed by atoms with E-state index in [0.29, 0.717) is 18.5 Å². The number of nitrogens with zero attached hydrogens (tertiary/aromatic N) is 3. The van der Waals surface area contributed by atoms with Crippen LogP contribution in [0.3, 0.4) is 0 Å². The van der Waals surface area contributed by atoms with Gasteiger partial charge in [0.1, 0.15) is 6.26 Å². The molecule has 0 saturated heterocycles. The van der Waals surface area contributed by atoms with Crippen molar-refractivity contribution in [1.82, 2.24) is 20.5 Å². The van der Waals surface area contributed by atoms with Gasteiger partial charge in [0.05, 0.1) is 12.2 Å². The number of nitrogens with one attached hydrogen (secondary N) is 2. The van der Waals surface area contributed by atoms with Crippen LogP contribution in [-0.4, -0.2) is 49.6 Å². The number of hydrogen-bond acceptors (Lipinski definition) is 4. The molecule has 1 aliphatic rings. The Morgan fingerprint density at radius 2 is 1.96 bits per heavy atom. The molecule has 2 N–H and O–H groups in total. The van der Waals surface area contributed by atoms with Crippen LogP contribution in [0.4, 0.5) is 0 Å². The van der Waals surface area contributed by atoms with Crippen LogP contribution in [0, 0.1) is 12.8 Å². The van der Waals surface area contributed by atoms with Crippen LogP contribution in [0.25, 0.3) is 11.5 Å². The average Bonchev–Trinajstić information content (AvgIpc) is 3.35. The molecule has 0 spiro atoms. The summed E-state index contributed by atoms with van der Waals surface area (Å²) in [6.45, 7) is 3.53.